The number of halogens is 30. The van der Waals surface area contributed by atoms with Crippen molar-refractivity contribution in [3.05, 3.63) is 121 Å². The van der Waals surface area contributed by atoms with Crippen LogP contribution in [0.25, 0.3) is 44.6 Å². The van der Waals surface area contributed by atoms with E-state index in [0.717, 1.165) is 28.2 Å². The molecule has 42 nitrogen and oxygen atoms in total. The minimum atomic E-state index is -6.68. The zero-order valence-corrected chi connectivity index (χ0v) is 79.2. The number of rotatable bonds is 6. The second kappa shape index (κ2) is 47.6. The quantitative estimate of drug-likeness (QED) is 0.0388. The molecule has 3 atom stereocenters. The maximum Gasteiger partial charge on any atom is 0.534 e. The molecule has 6 aromatic rings. The van der Waals surface area contributed by atoms with Gasteiger partial charge in [0, 0.05) is 71.9 Å². The van der Waals surface area contributed by atoms with E-state index in [-0.39, 0.29) is 97.7 Å². The monoisotopic (exact) mass is 2360 g/mol. The van der Waals surface area contributed by atoms with Gasteiger partial charge >= 0.3 is 77.1 Å². The molecule has 1 unspecified atom stereocenters. The SMILES string of the molecule is CC[C@@]1(O)C(=O)OCc2c1cc1n(c2=O)Cc2cc3c(OS(=O)(=O)C(F)(F)F)cccc3nc2-1.CC[C@@]1(O)C(=O)OCc2c1cc1n(c2=O)Cc2cc3ccccc3nc2-1.CS(=O)(=O)C(F)(F)F.CS(=O)(=O)C(F)(F)F.CS(=O)(=O)C(F)(F)F.CS(=O)(=O)C(F)(F)F.CS(=O)(=O)C(F)(F)F.CS(=O)(=O)C(F)(F)F.O=S(=O)(C([O-])([O-])[O-])C(F)(F)F.O=S(=O)(C[O-])C(F)(F)F.O=S(=O)([O-])C(F)(F)F.[3H]CP.[O-]C([O-])([O-])[O-]. The Balaban J connectivity index is -0.00000160. The highest BCUT2D eigenvalue weighted by molar-refractivity contribution is 7.94. The number of esters is 2. The fraction of sp³-hybridized carbons (Fsp3) is 0.500. The molecule has 0 spiro atoms. The summed E-state index contributed by atoms with van der Waals surface area (Å²) in [5.74, 6) is -4.28. The van der Waals surface area contributed by atoms with Crippen LogP contribution in [0.4, 0.5) is 132 Å². The zero-order chi connectivity index (χ0) is 116. The predicted octanol–water partition coefficient (Wildman–Crippen LogP) is -0.874. The number of para-hydroxylation sites is 1. The summed E-state index contributed by atoms with van der Waals surface area (Å²) in [6.45, 7) is 3.67. The van der Waals surface area contributed by atoms with Gasteiger partial charge in [-0.2, -0.15) is 145 Å². The molecular weight excluding hydrogens is 2310 g/mol. The van der Waals surface area contributed by atoms with Crippen LogP contribution in [0.1, 0.15) is 61.4 Å². The van der Waals surface area contributed by atoms with Gasteiger partial charge in [-0.25, -0.2) is 95.3 Å². The Morgan fingerprint density at radius 2 is 0.692 bits per heavy atom. The standard InChI is InChI=1S/C21H15F3N2O7S.C20H16N2O4.C2F3O5S.C2H2F3O3S.6C2H3F3O2S.CHF3O3S.CO4.CH5P/c1-2-20(29)13-7-15-17-10(8-26(15)18(27)12(13)9-32-19(20)28)6-11-14(25-17)4-3-5-16(11)33-34(30,31)21(22,23)24;1-2-20(25)14-8-16-17-12(7-11-5-3-4-6-15(11)21-17)9-22(16)18(23)13(14)10-26-19(20)24;3-1(4,5)11(9,10)2(6,7)8;3-2(4,5)9(7,8)1-6;6*1-8(6,7)2(3,4)5;2-1(3,4)8(5,6)7;2-1(3,4)5;1-2/h3-7,29H,2,8-9H2,1H3;3-8,25H,2,9-10H2,1H3;;1H2;6*1H3;(H,5,6,7);;2H2,1H3/q;;-3;-1;;;;;;;;-4;/p-1/t2*20-;;;;;;;;;;;/m00.........../s1/i;;;;;;;;;;;;1T. The van der Waals surface area contributed by atoms with Crippen LogP contribution in [-0.4, -0.2) is 247 Å². The van der Waals surface area contributed by atoms with E-state index in [4.69, 9.17) is 49.2 Å². The molecule has 4 aliphatic rings. The van der Waals surface area contributed by atoms with Gasteiger partial charge in [0.2, 0.25) is 78.7 Å². The van der Waals surface area contributed by atoms with Crippen molar-refractivity contribution in [2.24, 2.45) is 0 Å². The average Bonchev–Trinajstić information content (AvgIpc) is 1.55. The fourth-order valence-electron chi connectivity index (χ4n) is 8.35. The number of fused-ring (bicyclic) bond motifs is 10. The summed E-state index contributed by atoms with van der Waals surface area (Å²) < 4.78 is 561. The van der Waals surface area contributed by atoms with Crippen molar-refractivity contribution >= 4 is 142 Å². The Hall–Kier alpha value is -8.71. The van der Waals surface area contributed by atoms with Gasteiger partial charge < -0.3 is 84.6 Å². The number of alkyl halides is 30. The van der Waals surface area contributed by atoms with Crippen LogP contribution in [0.5, 0.6) is 5.75 Å². The molecule has 2 aromatic carbocycles. The van der Waals surface area contributed by atoms with E-state index < -0.39 is 206 Å². The van der Waals surface area contributed by atoms with Crippen LogP contribution in [0, 0.1) is 0 Å². The Bertz CT molecular complexity index is 6510. The molecule has 0 radical (unpaired) electrons. The summed E-state index contributed by atoms with van der Waals surface area (Å²) in [7, 11) is -50.9. The molecule has 828 valence electrons. The number of aromatic nitrogens is 4. The normalized spacial score (nSPS) is 16.4. The van der Waals surface area contributed by atoms with E-state index in [0.29, 0.717) is 47.0 Å². The third kappa shape index (κ3) is 38.8. The molecule has 0 fully saturated rings. The molecule has 0 amide bonds. The Kier molecular flexibility index (Phi) is 45.4. The van der Waals surface area contributed by atoms with Gasteiger partial charge in [-0.15, -0.1) is 9.24 Å². The number of carbonyl (C=O) groups is 2. The lowest BCUT2D eigenvalue weighted by atomic mass is 9.86. The topological polar surface area (TPSA) is 721 Å². The lowest BCUT2D eigenvalue weighted by Gasteiger charge is -2.68. The van der Waals surface area contributed by atoms with Gasteiger partial charge in [-0.3, -0.25) is 9.59 Å². The molecule has 0 saturated heterocycles. The first kappa shape index (κ1) is 136. The van der Waals surface area contributed by atoms with Gasteiger partial charge in [-0.1, -0.05) is 44.8 Å². The molecular formula is C60H56F30N4O38PS10-9. The summed E-state index contributed by atoms with van der Waals surface area (Å²) in [5, 5.41) is 88.3. The van der Waals surface area contributed by atoms with Crippen molar-refractivity contribution in [1.29, 1.82) is 0 Å². The number of pyridine rings is 4. The molecule has 8 heterocycles. The first-order valence-corrected chi connectivity index (χ1v) is 51.9. The van der Waals surface area contributed by atoms with Gasteiger partial charge in [0.1, 0.15) is 13.2 Å². The lowest BCUT2D eigenvalue weighted by molar-refractivity contribution is -1.05. The van der Waals surface area contributed by atoms with Crippen molar-refractivity contribution in [2.75, 3.05) is 50.1 Å². The molecule has 2 N–H and O–H groups in total. The number of cyclic esters (lactones) is 2. The van der Waals surface area contributed by atoms with Gasteiger partial charge in [0.25, 0.3) is 11.1 Å². The highest BCUT2D eigenvalue weighted by atomic mass is 32.2. The van der Waals surface area contributed by atoms with Crippen molar-refractivity contribution < 1.29 is 296 Å². The number of hydrogen-bond acceptors (Lipinski definition) is 40. The number of aliphatic hydroxyl groups is 2. The molecule has 0 bridgehead atoms. The van der Waals surface area contributed by atoms with Crippen LogP contribution in [0.3, 0.4) is 0 Å². The van der Waals surface area contributed by atoms with Crippen LogP contribution < -0.4 is 56.2 Å². The summed E-state index contributed by atoms with van der Waals surface area (Å²) >= 11 is 0. The second-order valence-corrected chi connectivity index (χ2v) is 44.9. The first-order valence-electron chi connectivity index (χ1n) is 34.4. The third-order valence-corrected chi connectivity index (χ3v) is 24.2. The third-order valence-electron chi connectivity index (χ3n) is 15.4. The molecule has 4 aliphatic heterocycles. The minimum absolute atomic E-state index is 0.00303. The predicted molar refractivity (Wildman–Crippen MR) is 402 cm³/mol. The van der Waals surface area contributed by atoms with Gasteiger partial charge in [0.15, 0.2) is 27.1 Å². The van der Waals surface area contributed by atoms with Crippen LogP contribution >= 0.6 is 9.24 Å². The van der Waals surface area contributed by atoms with Gasteiger partial charge in [0.05, 0.1) is 58.0 Å². The van der Waals surface area contributed by atoms with E-state index >= 15 is 0 Å². The summed E-state index contributed by atoms with van der Waals surface area (Å²) in [5.41, 5.74) is -52.6. The van der Waals surface area contributed by atoms with Crippen LogP contribution in [0.15, 0.2) is 76.3 Å². The summed E-state index contributed by atoms with van der Waals surface area (Å²) in [4.78, 5) is 59.7. The summed E-state index contributed by atoms with van der Waals surface area (Å²) in [6.07, 6.45) is -3.69. The highest BCUT2D eigenvalue weighted by Crippen LogP contribution is 2.43. The van der Waals surface area contributed by atoms with Crippen LogP contribution in [-0.2, 0) is 156 Å². The molecule has 83 heteroatoms. The number of carbonyl (C=O) groups excluding carboxylic acids is 2. The van der Waals surface area contributed by atoms with E-state index in [1.807, 2.05) is 30.3 Å². The van der Waals surface area contributed by atoms with E-state index in [2.05, 4.69) is 18.4 Å². The number of benzene rings is 2. The van der Waals surface area contributed by atoms with Crippen molar-refractivity contribution in [2.45, 2.75) is 131 Å². The maximum atomic E-state index is 13.1. The number of nitrogens with zero attached hydrogens (tertiary/aromatic N) is 4. The smallest absolute Gasteiger partial charge is 0.534 e. The molecule has 4 aromatic heterocycles. The van der Waals surface area contributed by atoms with Crippen molar-refractivity contribution in [1.82, 2.24) is 19.1 Å². The summed E-state index contributed by atoms with van der Waals surface area (Å²) in [6, 6.07) is 18.2. The van der Waals surface area contributed by atoms with E-state index in [9.17, 15) is 257 Å². The van der Waals surface area contributed by atoms with Crippen LogP contribution in [0.2, 0.25) is 0 Å². The Morgan fingerprint density at radius 3 is 0.916 bits per heavy atom. The maximum absolute atomic E-state index is 13.1. The number of sulfone groups is 8. The molecule has 143 heavy (non-hydrogen) atoms. The average molecular weight is 2360 g/mol. The number of ether oxygens (including phenoxy) is 2. The largest absolute Gasteiger partial charge is 0.890 e. The molecule has 0 saturated carbocycles. The Labute approximate surface area is 783 Å². The van der Waals surface area contributed by atoms with Gasteiger partial charge in [-0.05, 0) is 61.2 Å². The lowest BCUT2D eigenvalue weighted by Crippen LogP contribution is -2.75. The fourth-order valence-corrected chi connectivity index (χ4v) is 9.24. The first-order chi connectivity index (χ1) is 62.9. The molecule has 10 rings (SSSR count). The minimum Gasteiger partial charge on any atom is -0.890 e. The van der Waals surface area contributed by atoms with Crippen molar-refractivity contribution in [3.63, 3.8) is 0 Å². The molecule has 0 aliphatic carbocycles. The second-order valence-electron chi connectivity index (χ2n) is 26.0. The highest BCUT2D eigenvalue weighted by Gasteiger charge is 2.52. The Morgan fingerprint density at radius 1 is 0.427 bits per heavy atom. The van der Waals surface area contributed by atoms with E-state index in [1.165, 1.54) is 28.8 Å². The zero-order valence-electron chi connectivity index (χ0n) is 70.9. The van der Waals surface area contributed by atoms with Crippen molar-refractivity contribution in [3.8, 4) is 28.5 Å². The number of hydrogen-bond donors (Lipinski definition) is 2. The van der Waals surface area contributed by atoms with E-state index in [1.54, 1.807) is 24.5 Å².